The van der Waals surface area contributed by atoms with Crippen molar-refractivity contribution in [2.45, 2.75) is 40.0 Å². The van der Waals surface area contributed by atoms with Gasteiger partial charge in [0.25, 0.3) is 0 Å². The van der Waals surface area contributed by atoms with Crippen molar-refractivity contribution in [1.29, 1.82) is 0 Å². The maximum atomic E-state index is 5.78. The third kappa shape index (κ3) is 4.51. The smallest absolute Gasteiger partial charge is 0.122 e. The predicted octanol–water partition coefficient (Wildman–Crippen LogP) is 4.91. The molecule has 2 aromatic rings. The number of hydrogen-bond acceptors (Lipinski definition) is 3. The van der Waals surface area contributed by atoms with Crippen molar-refractivity contribution in [2.24, 2.45) is 5.73 Å². The Balaban J connectivity index is 2.31. The molecule has 0 atom stereocenters. The Bertz CT molecular complexity index is 665. The van der Waals surface area contributed by atoms with Crippen LogP contribution in [0.15, 0.2) is 36.4 Å². The Morgan fingerprint density at radius 3 is 2.12 bits per heavy atom. The molecule has 2 aromatic carbocycles. The fraction of sp³-hybridized carbons (Fsp3) is 0.429. The first-order chi connectivity index (χ1) is 11.6. The molecular weight excluding hydrogens is 298 g/mol. The van der Waals surface area contributed by atoms with E-state index in [1.807, 2.05) is 0 Å². The third-order valence-electron chi connectivity index (χ3n) is 3.98. The lowest BCUT2D eigenvalue weighted by Gasteiger charge is -2.16. The second kappa shape index (κ2) is 8.74. The molecule has 0 amide bonds. The molecule has 0 aliphatic heterocycles. The van der Waals surface area contributed by atoms with E-state index in [-0.39, 0.29) is 0 Å². The van der Waals surface area contributed by atoms with Crippen molar-refractivity contribution in [2.75, 3.05) is 19.8 Å². The SMILES string of the molecule is CCCOc1ccc(-c2ccc(OCCN)c(C(C)C)c2)cc1C. The molecule has 0 aliphatic rings. The summed E-state index contributed by atoms with van der Waals surface area (Å²) in [5.74, 6) is 2.29. The van der Waals surface area contributed by atoms with Gasteiger partial charge < -0.3 is 15.2 Å². The van der Waals surface area contributed by atoms with Crippen molar-refractivity contribution < 1.29 is 9.47 Å². The number of aryl methyl sites for hydroxylation is 1. The summed E-state index contributed by atoms with van der Waals surface area (Å²) < 4.78 is 11.6. The van der Waals surface area contributed by atoms with Crippen LogP contribution < -0.4 is 15.2 Å². The summed E-state index contributed by atoms with van der Waals surface area (Å²) >= 11 is 0. The Kier molecular flexibility index (Phi) is 6.68. The van der Waals surface area contributed by atoms with E-state index in [4.69, 9.17) is 15.2 Å². The average molecular weight is 327 g/mol. The minimum atomic E-state index is 0.394. The number of benzene rings is 2. The summed E-state index contributed by atoms with van der Waals surface area (Å²) in [5, 5.41) is 0. The zero-order valence-corrected chi connectivity index (χ0v) is 15.3. The Morgan fingerprint density at radius 2 is 1.54 bits per heavy atom. The topological polar surface area (TPSA) is 44.5 Å². The van der Waals surface area contributed by atoms with E-state index in [1.165, 1.54) is 16.7 Å². The molecule has 0 spiro atoms. The van der Waals surface area contributed by atoms with Gasteiger partial charge in [-0.25, -0.2) is 0 Å². The van der Waals surface area contributed by atoms with Gasteiger partial charge in [-0.05, 0) is 65.8 Å². The quantitative estimate of drug-likeness (QED) is 0.749. The maximum absolute atomic E-state index is 5.78. The van der Waals surface area contributed by atoms with E-state index in [1.54, 1.807) is 0 Å². The molecule has 2 rings (SSSR count). The minimum Gasteiger partial charge on any atom is -0.493 e. The summed E-state index contributed by atoms with van der Waals surface area (Å²) in [6, 6.07) is 12.8. The molecule has 0 bridgehead atoms. The zero-order valence-electron chi connectivity index (χ0n) is 15.3. The van der Waals surface area contributed by atoms with E-state index in [0.29, 0.717) is 19.1 Å². The van der Waals surface area contributed by atoms with E-state index in [0.717, 1.165) is 30.1 Å². The molecule has 0 saturated heterocycles. The van der Waals surface area contributed by atoms with E-state index < -0.39 is 0 Å². The van der Waals surface area contributed by atoms with Gasteiger partial charge in [-0.2, -0.15) is 0 Å². The summed E-state index contributed by atoms with van der Waals surface area (Å²) in [6.07, 6.45) is 1.02. The molecule has 2 N–H and O–H groups in total. The van der Waals surface area contributed by atoms with Crippen molar-refractivity contribution in [1.82, 2.24) is 0 Å². The first-order valence-electron chi connectivity index (χ1n) is 8.77. The molecule has 0 aromatic heterocycles. The lowest BCUT2D eigenvalue weighted by atomic mass is 9.95. The number of ether oxygens (including phenoxy) is 2. The van der Waals surface area contributed by atoms with Crippen LogP contribution in [0.5, 0.6) is 11.5 Å². The third-order valence-corrected chi connectivity index (χ3v) is 3.98. The molecule has 3 heteroatoms. The normalized spacial score (nSPS) is 10.9. The fourth-order valence-corrected chi connectivity index (χ4v) is 2.68. The van der Waals surface area contributed by atoms with Gasteiger partial charge in [0.05, 0.1) is 6.61 Å². The van der Waals surface area contributed by atoms with Gasteiger partial charge in [0.2, 0.25) is 0 Å². The van der Waals surface area contributed by atoms with Crippen LogP contribution in [0, 0.1) is 6.92 Å². The van der Waals surface area contributed by atoms with Gasteiger partial charge in [0, 0.05) is 6.54 Å². The number of rotatable bonds is 8. The molecule has 3 nitrogen and oxygen atoms in total. The second-order valence-electron chi connectivity index (χ2n) is 6.37. The zero-order chi connectivity index (χ0) is 17.5. The molecule has 0 heterocycles. The molecule has 0 unspecified atom stereocenters. The van der Waals surface area contributed by atoms with E-state index in [9.17, 15) is 0 Å². The summed E-state index contributed by atoms with van der Waals surface area (Å²) in [7, 11) is 0. The van der Waals surface area contributed by atoms with Gasteiger partial charge in [0.1, 0.15) is 18.1 Å². The van der Waals surface area contributed by atoms with Crippen LogP contribution >= 0.6 is 0 Å². The van der Waals surface area contributed by atoms with E-state index >= 15 is 0 Å². The predicted molar refractivity (Wildman–Crippen MR) is 101 cm³/mol. The minimum absolute atomic E-state index is 0.394. The highest BCUT2D eigenvalue weighted by Gasteiger charge is 2.11. The molecule has 0 saturated carbocycles. The largest absolute Gasteiger partial charge is 0.493 e. The Labute approximate surface area is 145 Å². The molecule has 0 fully saturated rings. The van der Waals surface area contributed by atoms with Crippen LogP contribution in [0.3, 0.4) is 0 Å². The highest BCUT2D eigenvalue weighted by Crippen LogP contribution is 2.33. The molecule has 24 heavy (non-hydrogen) atoms. The van der Waals surface area contributed by atoms with Gasteiger partial charge in [-0.15, -0.1) is 0 Å². The molecule has 130 valence electrons. The number of nitrogens with two attached hydrogens (primary N) is 1. The van der Waals surface area contributed by atoms with Crippen molar-refractivity contribution in [3.63, 3.8) is 0 Å². The van der Waals surface area contributed by atoms with Crippen molar-refractivity contribution in [3.8, 4) is 22.6 Å². The summed E-state index contributed by atoms with van der Waals surface area (Å²) in [4.78, 5) is 0. The van der Waals surface area contributed by atoms with Gasteiger partial charge in [-0.1, -0.05) is 32.9 Å². The Morgan fingerprint density at radius 1 is 0.917 bits per heavy atom. The molecular formula is C21H29NO2. The van der Waals surface area contributed by atoms with Crippen LogP contribution in [-0.4, -0.2) is 19.8 Å². The van der Waals surface area contributed by atoms with Crippen LogP contribution in [0.4, 0.5) is 0 Å². The van der Waals surface area contributed by atoms with Gasteiger partial charge in [-0.3, -0.25) is 0 Å². The van der Waals surface area contributed by atoms with Crippen LogP contribution in [0.25, 0.3) is 11.1 Å². The first kappa shape index (κ1) is 18.3. The molecule has 0 aliphatic carbocycles. The highest BCUT2D eigenvalue weighted by atomic mass is 16.5. The Hall–Kier alpha value is -2.00. The van der Waals surface area contributed by atoms with Crippen LogP contribution in [-0.2, 0) is 0 Å². The lowest BCUT2D eigenvalue weighted by Crippen LogP contribution is -2.11. The van der Waals surface area contributed by atoms with Gasteiger partial charge >= 0.3 is 0 Å². The maximum Gasteiger partial charge on any atom is 0.122 e. The van der Waals surface area contributed by atoms with Crippen molar-refractivity contribution in [3.05, 3.63) is 47.5 Å². The monoisotopic (exact) mass is 327 g/mol. The number of hydrogen-bond donors (Lipinski definition) is 1. The highest BCUT2D eigenvalue weighted by molar-refractivity contribution is 5.68. The average Bonchev–Trinajstić information content (AvgIpc) is 2.58. The molecule has 0 radical (unpaired) electrons. The fourth-order valence-electron chi connectivity index (χ4n) is 2.68. The summed E-state index contributed by atoms with van der Waals surface area (Å²) in [5.41, 5.74) is 10.3. The van der Waals surface area contributed by atoms with E-state index in [2.05, 4.69) is 64.1 Å². The van der Waals surface area contributed by atoms with Crippen LogP contribution in [0.2, 0.25) is 0 Å². The van der Waals surface area contributed by atoms with Crippen LogP contribution in [0.1, 0.15) is 44.2 Å². The standard InChI is InChI=1S/C21H29NO2/c1-5-11-23-20-8-6-17(13-16(20)4)18-7-9-21(24-12-10-22)19(14-18)15(2)3/h6-9,13-15H,5,10-12,22H2,1-4H3. The second-order valence-corrected chi connectivity index (χ2v) is 6.37. The summed E-state index contributed by atoms with van der Waals surface area (Å²) in [6.45, 7) is 10.4. The first-order valence-corrected chi connectivity index (χ1v) is 8.77. The lowest BCUT2D eigenvalue weighted by molar-refractivity contribution is 0.315. The van der Waals surface area contributed by atoms with Crippen molar-refractivity contribution >= 4 is 0 Å². The van der Waals surface area contributed by atoms with Gasteiger partial charge in [0.15, 0.2) is 0 Å².